The van der Waals surface area contributed by atoms with Gasteiger partial charge < -0.3 is 9.88 Å². The quantitative estimate of drug-likeness (QED) is 0.459. The van der Waals surface area contributed by atoms with Crippen molar-refractivity contribution in [3.63, 3.8) is 0 Å². The average molecular weight is 443 g/mol. The third-order valence-corrected chi connectivity index (χ3v) is 5.12. The number of hydrogen-bond acceptors (Lipinski definition) is 4. The number of pyridine rings is 1. The van der Waals surface area contributed by atoms with Gasteiger partial charge in [-0.3, -0.25) is 4.98 Å². The van der Waals surface area contributed by atoms with Crippen LogP contribution in [-0.2, 0) is 13.0 Å². The van der Waals surface area contributed by atoms with E-state index in [2.05, 4.69) is 46.8 Å². The van der Waals surface area contributed by atoms with E-state index in [0.29, 0.717) is 6.54 Å². The van der Waals surface area contributed by atoms with Gasteiger partial charge in [-0.1, -0.05) is 29.8 Å². The highest BCUT2D eigenvalue weighted by molar-refractivity contribution is 9.10. The molecule has 4 rings (SSSR count). The number of benzene rings is 1. The molecule has 0 atom stereocenters. The first-order chi connectivity index (χ1) is 13.2. The fourth-order valence-electron chi connectivity index (χ4n) is 3.03. The first-order valence-electron chi connectivity index (χ1n) is 8.57. The van der Waals surface area contributed by atoms with Crippen LogP contribution in [0.2, 0.25) is 5.02 Å². The van der Waals surface area contributed by atoms with Crippen LogP contribution in [0.15, 0.2) is 65.8 Å². The minimum atomic E-state index is 0.700. The monoisotopic (exact) mass is 441 g/mol. The molecule has 0 amide bonds. The number of rotatable bonds is 6. The van der Waals surface area contributed by atoms with E-state index in [4.69, 9.17) is 11.6 Å². The van der Waals surface area contributed by atoms with Gasteiger partial charge in [0.1, 0.15) is 17.8 Å². The molecule has 3 aromatic heterocycles. The molecule has 0 bridgehead atoms. The van der Waals surface area contributed by atoms with E-state index in [1.54, 1.807) is 12.5 Å². The van der Waals surface area contributed by atoms with Gasteiger partial charge in [-0.05, 0) is 51.7 Å². The van der Waals surface area contributed by atoms with E-state index in [-0.39, 0.29) is 0 Å². The summed E-state index contributed by atoms with van der Waals surface area (Å²) in [7, 11) is 0. The Morgan fingerprint density at radius 2 is 2.00 bits per heavy atom. The number of aromatic nitrogens is 4. The molecule has 4 aromatic rings. The van der Waals surface area contributed by atoms with Crippen LogP contribution < -0.4 is 5.32 Å². The molecule has 0 aliphatic carbocycles. The lowest BCUT2D eigenvalue weighted by molar-refractivity contribution is 0.818. The zero-order valence-corrected chi connectivity index (χ0v) is 16.8. The molecule has 5 nitrogen and oxygen atoms in total. The summed E-state index contributed by atoms with van der Waals surface area (Å²) in [5, 5.41) is 5.20. The van der Waals surface area contributed by atoms with Gasteiger partial charge in [0.15, 0.2) is 0 Å². The first-order valence-corrected chi connectivity index (χ1v) is 9.74. The average Bonchev–Trinajstić information content (AvgIpc) is 3.07. The highest BCUT2D eigenvalue weighted by Crippen LogP contribution is 2.22. The van der Waals surface area contributed by atoms with Gasteiger partial charge in [0.05, 0.1) is 11.9 Å². The minimum Gasteiger partial charge on any atom is -0.369 e. The molecule has 0 unspecified atom stereocenters. The van der Waals surface area contributed by atoms with Crippen LogP contribution in [0.3, 0.4) is 0 Å². The fourth-order valence-corrected chi connectivity index (χ4v) is 3.67. The third kappa shape index (κ3) is 4.12. The summed E-state index contributed by atoms with van der Waals surface area (Å²) in [4.78, 5) is 13.1. The Labute approximate surface area is 170 Å². The maximum atomic E-state index is 6.23. The molecule has 7 heteroatoms. The summed E-state index contributed by atoms with van der Waals surface area (Å²) in [6.45, 7) is 1.45. The molecule has 0 saturated heterocycles. The van der Waals surface area contributed by atoms with Crippen LogP contribution in [0, 0.1) is 0 Å². The number of nitrogens with one attached hydrogen (secondary N) is 1. The summed E-state index contributed by atoms with van der Waals surface area (Å²) >= 11 is 9.69. The van der Waals surface area contributed by atoms with Gasteiger partial charge in [0.2, 0.25) is 0 Å². The van der Waals surface area contributed by atoms with Crippen LogP contribution in [0.5, 0.6) is 0 Å². The molecule has 0 radical (unpaired) electrons. The Bertz CT molecular complexity index is 1080. The van der Waals surface area contributed by atoms with Crippen molar-refractivity contribution in [1.29, 1.82) is 0 Å². The molecule has 27 heavy (non-hydrogen) atoms. The minimum absolute atomic E-state index is 0.700. The molecule has 0 aliphatic rings. The standard InChI is InChI=1S/C20H17BrClN5/c21-16-9-14(10-23-11-16)12-27-8-6-17-19(25-13-26-20(17)27)24-7-5-15-3-1-2-4-18(15)22/h1-4,6,8-11,13H,5,7,12H2,(H,24,25,26). The fraction of sp³-hybridized carbons (Fsp3) is 0.150. The zero-order chi connectivity index (χ0) is 18.6. The lowest BCUT2D eigenvalue weighted by Crippen LogP contribution is -2.07. The molecule has 1 aromatic carbocycles. The van der Waals surface area contributed by atoms with Gasteiger partial charge in [-0.2, -0.15) is 0 Å². The highest BCUT2D eigenvalue weighted by atomic mass is 79.9. The number of fused-ring (bicyclic) bond motifs is 1. The maximum Gasteiger partial charge on any atom is 0.145 e. The number of hydrogen-bond donors (Lipinski definition) is 1. The molecule has 3 heterocycles. The number of nitrogens with zero attached hydrogens (tertiary/aromatic N) is 4. The predicted molar refractivity (Wildman–Crippen MR) is 112 cm³/mol. The Hall–Kier alpha value is -2.44. The Balaban J connectivity index is 1.51. The summed E-state index contributed by atoms with van der Waals surface area (Å²) in [5.74, 6) is 0.832. The van der Waals surface area contributed by atoms with Crippen molar-refractivity contribution in [3.8, 4) is 0 Å². The van der Waals surface area contributed by atoms with Crippen molar-refractivity contribution in [3.05, 3.63) is 81.9 Å². The molecule has 136 valence electrons. The van der Waals surface area contributed by atoms with Gasteiger partial charge in [-0.25, -0.2) is 9.97 Å². The second-order valence-electron chi connectivity index (χ2n) is 6.18. The summed E-state index contributed by atoms with van der Waals surface area (Å²) in [5.41, 5.74) is 3.12. The molecule has 0 fully saturated rings. The first kappa shape index (κ1) is 17.9. The van der Waals surface area contributed by atoms with Gasteiger partial charge in [0, 0.05) is 34.6 Å². The molecule has 0 saturated carbocycles. The van der Waals surface area contributed by atoms with E-state index in [1.165, 1.54) is 0 Å². The molecule has 0 spiro atoms. The van der Waals surface area contributed by atoms with Crippen LogP contribution in [0.4, 0.5) is 5.82 Å². The number of anilines is 1. The van der Waals surface area contributed by atoms with Gasteiger partial charge in [-0.15, -0.1) is 0 Å². The van der Waals surface area contributed by atoms with Crippen LogP contribution in [0.1, 0.15) is 11.1 Å². The van der Waals surface area contributed by atoms with E-state index in [9.17, 15) is 0 Å². The largest absolute Gasteiger partial charge is 0.369 e. The van der Waals surface area contributed by atoms with Crippen LogP contribution in [0.25, 0.3) is 11.0 Å². The topological polar surface area (TPSA) is 55.6 Å². The third-order valence-electron chi connectivity index (χ3n) is 4.32. The summed E-state index contributed by atoms with van der Waals surface area (Å²) in [6, 6.07) is 12.0. The Morgan fingerprint density at radius 3 is 2.85 bits per heavy atom. The Kier molecular flexibility index (Phi) is 5.36. The lowest BCUT2D eigenvalue weighted by Gasteiger charge is -2.09. The van der Waals surface area contributed by atoms with Crippen molar-refractivity contribution >= 4 is 44.4 Å². The normalized spacial score (nSPS) is 11.0. The molecular formula is C20H17BrClN5. The van der Waals surface area contributed by atoms with Crippen molar-refractivity contribution in [2.75, 3.05) is 11.9 Å². The smallest absolute Gasteiger partial charge is 0.145 e. The van der Waals surface area contributed by atoms with Gasteiger partial charge in [0.25, 0.3) is 0 Å². The Morgan fingerprint density at radius 1 is 1.11 bits per heavy atom. The van der Waals surface area contributed by atoms with E-state index < -0.39 is 0 Å². The second kappa shape index (κ2) is 8.06. The molecular weight excluding hydrogens is 426 g/mol. The predicted octanol–water partition coefficient (Wildman–Crippen LogP) is 4.95. The van der Waals surface area contributed by atoms with E-state index in [1.807, 2.05) is 42.7 Å². The van der Waals surface area contributed by atoms with Crippen molar-refractivity contribution in [2.24, 2.45) is 0 Å². The maximum absolute atomic E-state index is 6.23. The zero-order valence-electron chi connectivity index (χ0n) is 14.4. The van der Waals surface area contributed by atoms with Crippen molar-refractivity contribution in [1.82, 2.24) is 19.5 Å². The van der Waals surface area contributed by atoms with Gasteiger partial charge >= 0.3 is 0 Å². The van der Waals surface area contributed by atoms with Crippen LogP contribution in [-0.4, -0.2) is 26.1 Å². The highest BCUT2D eigenvalue weighted by Gasteiger charge is 2.09. The molecule has 0 aliphatic heterocycles. The lowest BCUT2D eigenvalue weighted by atomic mass is 10.1. The van der Waals surface area contributed by atoms with Crippen molar-refractivity contribution in [2.45, 2.75) is 13.0 Å². The summed E-state index contributed by atoms with van der Waals surface area (Å²) in [6.07, 6.45) is 8.09. The van der Waals surface area contributed by atoms with E-state index in [0.717, 1.165) is 50.4 Å². The van der Waals surface area contributed by atoms with Crippen molar-refractivity contribution < 1.29 is 0 Å². The van der Waals surface area contributed by atoms with E-state index >= 15 is 0 Å². The van der Waals surface area contributed by atoms with Crippen LogP contribution >= 0.6 is 27.5 Å². The SMILES string of the molecule is Clc1ccccc1CCNc1ncnc2c1ccn2Cc1cncc(Br)c1. The molecule has 1 N–H and O–H groups in total. The summed E-state index contributed by atoms with van der Waals surface area (Å²) < 4.78 is 3.06. The second-order valence-corrected chi connectivity index (χ2v) is 7.51. The number of halogens is 2.